The number of nitrogens with one attached hydrogen (secondary N) is 2. The van der Waals surface area contributed by atoms with Crippen LogP contribution in [0.3, 0.4) is 0 Å². The van der Waals surface area contributed by atoms with Crippen molar-refractivity contribution in [2.45, 2.75) is 174 Å². The third kappa shape index (κ3) is 33.2. The van der Waals surface area contributed by atoms with E-state index in [4.69, 9.17) is 9.47 Å². The van der Waals surface area contributed by atoms with Gasteiger partial charge in [0.15, 0.2) is 6.10 Å². The molecule has 2 amide bonds. The van der Waals surface area contributed by atoms with E-state index in [1.807, 2.05) is 21.1 Å². The highest BCUT2D eigenvalue weighted by molar-refractivity contribution is 5.68. The first-order valence-electron chi connectivity index (χ1n) is 18.4. The van der Waals surface area contributed by atoms with Crippen LogP contribution in [0, 0.1) is 0 Å². The summed E-state index contributed by atoms with van der Waals surface area (Å²) in [5, 5.41) is 5.72. The second kappa shape index (κ2) is 30.5. The minimum absolute atomic E-state index is 0.0613. The highest BCUT2D eigenvalue weighted by atomic mass is 16.6. The van der Waals surface area contributed by atoms with Crippen LogP contribution in [0.5, 0.6) is 0 Å². The third-order valence-corrected chi connectivity index (χ3v) is 8.02. The number of alkyl carbamates (subject to hydrolysis) is 2. The van der Waals surface area contributed by atoms with Gasteiger partial charge in [-0.2, -0.15) is 0 Å². The molecule has 256 valence electrons. The van der Waals surface area contributed by atoms with Crippen LogP contribution in [0.15, 0.2) is 0 Å². The van der Waals surface area contributed by atoms with Gasteiger partial charge in [-0.05, 0) is 12.8 Å². The molecule has 0 saturated heterocycles. The summed E-state index contributed by atoms with van der Waals surface area (Å²) in [4.78, 5) is 24.6. The van der Waals surface area contributed by atoms with Crippen LogP contribution in [0.2, 0.25) is 0 Å². The lowest BCUT2D eigenvalue weighted by Crippen LogP contribution is -2.46. The van der Waals surface area contributed by atoms with E-state index in [0.29, 0.717) is 24.1 Å². The fourth-order valence-electron chi connectivity index (χ4n) is 5.46. The maximum atomic E-state index is 12.4. The lowest BCUT2D eigenvalue weighted by molar-refractivity contribution is -0.873. The van der Waals surface area contributed by atoms with E-state index in [9.17, 15) is 9.59 Å². The van der Waals surface area contributed by atoms with Gasteiger partial charge in [-0.25, -0.2) is 9.59 Å². The molecule has 0 aromatic rings. The number of rotatable bonds is 31. The molecule has 0 saturated carbocycles. The Balaban J connectivity index is 3.86. The summed E-state index contributed by atoms with van der Waals surface area (Å²) in [7, 11) is 6.11. The molecule has 2 N–H and O–H groups in total. The van der Waals surface area contributed by atoms with E-state index in [1.54, 1.807) is 0 Å². The van der Waals surface area contributed by atoms with Crippen molar-refractivity contribution in [3.05, 3.63) is 0 Å². The molecule has 0 aromatic carbocycles. The van der Waals surface area contributed by atoms with Crippen LogP contribution < -0.4 is 10.6 Å². The molecule has 0 aromatic heterocycles. The largest absolute Gasteiger partial charge is 0.445 e. The summed E-state index contributed by atoms with van der Waals surface area (Å²) in [5.41, 5.74) is 0. The maximum absolute atomic E-state index is 12.4. The molecule has 0 aliphatic carbocycles. The number of ether oxygens (including phenoxy) is 2. The molecule has 0 fully saturated rings. The van der Waals surface area contributed by atoms with Gasteiger partial charge in [0.25, 0.3) is 0 Å². The van der Waals surface area contributed by atoms with Gasteiger partial charge >= 0.3 is 12.2 Å². The fraction of sp³-hybridized carbons (Fsp3) is 0.944. The molecule has 0 heterocycles. The molecule has 0 rings (SSSR count). The Bertz CT molecular complexity index is 624. The topological polar surface area (TPSA) is 76.7 Å². The van der Waals surface area contributed by atoms with Crippen LogP contribution in [-0.4, -0.2) is 70.2 Å². The second-order valence-corrected chi connectivity index (χ2v) is 13.7. The normalized spacial score (nSPS) is 12.2. The van der Waals surface area contributed by atoms with Crippen molar-refractivity contribution in [2.75, 3.05) is 47.4 Å². The summed E-state index contributed by atoms with van der Waals surface area (Å²) >= 11 is 0. The number of amides is 2. The van der Waals surface area contributed by atoms with Gasteiger partial charge in [-0.1, -0.05) is 155 Å². The third-order valence-electron chi connectivity index (χ3n) is 8.02. The molecular formula is C36H74N3O4+. The summed E-state index contributed by atoms with van der Waals surface area (Å²) in [6.07, 6.45) is 29.7. The lowest BCUT2D eigenvalue weighted by atomic mass is 10.1. The average molecular weight is 613 g/mol. The molecule has 0 aliphatic heterocycles. The Kier molecular flexibility index (Phi) is 29.5. The van der Waals surface area contributed by atoms with E-state index in [0.717, 1.165) is 25.7 Å². The number of nitrogens with zero attached hydrogens (tertiary/aromatic N) is 1. The SMILES string of the molecule is CCCCCCCCCCCCCCNC(=O)OCC(C[N+](C)(C)C)OC(=O)NCCCCCCCCCCCCCC. The van der Waals surface area contributed by atoms with Crippen molar-refractivity contribution < 1.29 is 23.5 Å². The first-order chi connectivity index (χ1) is 20.8. The molecule has 43 heavy (non-hydrogen) atoms. The number of carbonyl (C=O) groups is 2. The molecular weight excluding hydrogens is 538 g/mol. The van der Waals surface area contributed by atoms with Crippen LogP contribution in [0.1, 0.15) is 168 Å². The Morgan fingerprint density at radius 1 is 0.512 bits per heavy atom. The zero-order chi connectivity index (χ0) is 31.9. The number of hydrogen-bond donors (Lipinski definition) is 2. The van der Waals surface area contributed by atoms with Crippen molar-refractivity contribution in [3.63, 3.8) is 0 Å². The predicted molar refractivity (Wildman–Crippen MR) is 183 cm³/mol. The Morgan fingerprint density at radius 3 is 1.19 bits per heavy atom. The standard InChI is InChI=1S/C36H73N3O4/c1-6-8-10-12-14-16-18-20-22-24-26-28-30-37-35(40)42-33-34(32-39(3,4)5)43-36(41)38-31-29-27-25-23-21-19-17-15-13-11-9-7-2/h34H,6-33H2,1-5H3,(H-,37,38,40,41)/p+1. The van der Waals surface area contributed by atoms with Gasteiger partial charge in [0.1, 0.15) is 13.2 Å². The minimum atomic E-state index is -0.487. The maximum Gasteiger partial charge on any atom is 0.407 e. The summed E-state index contributed by atoms with van der Waals surface area (Å²) < 4.78 is 11.7. The molecule has 0 aliphatic rings. The van der Waals surface area contributed by atoms with Gasteiger partial charge in [0.2, 0.25) is 0 Å². The van der Waals surface area contributed by atoms with Crippen molar-refractivity contribution in [1.82, 2.24) is 10.6 Å². The van der Waals surface area contributed by atoms with Crippen LogP contribution in [0.4, 0.5) is 9.59 Å². The Hall–Kier alpha value is -1.50. The monoisotopic (exact) mass is 613 g/mol. The number of likely N-dealkylation sites (N-methyl/N-ethyl adjacent to an activating group) is 1. The van der Waals surface area contributed by atoms with Crippen molar-refractivity contribution in [3.8, 4) is 0 Å². The van der Waals surface area contributed by atoms with Crippen molar-refractivity contribution in [2.24, 2.45) is 0 Å². The van der Waals surface area contributed by atoms with E-state index in [2.05, 4.69) is 24.5 Å². The average Bonchev–Trinajstić information content (AvgIpc) is 2.96. The molecule has 7 heteroatoms. The number of carbonyl (C=O) groups excluding carboxylic acids is 2. The van der Waals surface area contributed by atoms with Gasteiger partial charge in [0.05, 0.1) is 21.1 Å². The van der Waals surface area contributed by atoms with E-state index in [1.165, 1.54) is 128 Å². The zero-order valence-corrected chi connectivity index (χ0v) is 29.5. The molecule has 1 unspecified atom stereocenters. The first-order valence-corrected chi connectivity index (χ1v) is 18.4. The molecule has 7 nitrogen and oxygen atoms in total. The van der Waals surface area contributed by atoms with Crippen LogP contribution >= 0.6 is 0 Å². The molecule has 0 radical (unpaired) electrons. The zero-order valence-electron chi connectivity index (χ0n) is 29.5. The highest BCUT2D eigenvalue weighted by Gasteiger charge is 2.24. The van der Waals surface area contributed by atoms with E-state index >= 15 is 0 Å². The van der Waals surface area contributed by atoms with Crippen molar-refractivity contribution in [1.29, 1.82) is 0 Å². The summed E-state index contributed by atoms with van der Waals surface area (Å²) in [6.45, 7) is 6.40. The second-order valence-electron chi connectivity index (χ2n) is 13.7. The van der Waals surface area contributed by atoms with Crippen LogP contribution in [0.25, 0.3) is 0 Å². The van der Waals surface area contributed by atoms with Crippen LogP contribution in [-0.2, 0) is 9.47 Å². The smallest absolute Gasteiger partial charge is 0.407 e. The minimum Gasteiger partial charge on any atom is -0.445 e. The van der Waals surface area contributed by atoms with Gasteiger partial charge in [0, 0.05) is 13.1 Å². The number of unbranched alkanes of at least 4 members (excludes halogenated alkanes) is 22. The van der Waals surface area contributed by atoms with E-state index < -0.39 is 18.3 Å². The molecule has 0 spiro atoms. The quantitative estimate of drug-likeness (QED) is 0.0603. The van der Waals surface area contributed by atoms with Crippen molar-refractivity contribution >= 4 is 12.2 Å². The predicted octanol–water partition coefficient (Wildman–Crippen LogP) is 9.92. The lowest BCUT2D eigenvalue weighted by Gasteiger charge is -2.28. The highest BCUT2D eigenvalue weighted by Crippen LogP contribution is 2.13. The van der Waals surface area contributed by atoms with E-state index in [-0.39, 0.29) is 6.61 Å². The molecule has 0 bridgehead atoms. The number of quaternary nitrogens is 1. The number of hydrogen-bond acceptors (Lipinski definition) is 4. The fourth-order valence-corrected chi connectivity index (χ4v) is 5.46. The van der Waals surface area contributed by atoms with Gasteiger partial charge in [-0.15, -0.1) is 0 Å². The summed E-state index contributed by atoms with van der Waals surface area (Å²) in [6, 6.07) is 0. The van der Waals surface area contributed by atoms with Gasteiger partial charge < -0.3 is 24.6 Å². The molecule has 1 atom stereocenters. The Morgan fingerprint density at radius 2 is 0.837 bits per heavy atom. The first kappa shape index (κ1) is 41.5. The summed E-state index contributed by atoms with van der Waals surface area (Å²) in [5.74, 6) is 0. The van der Waals surface area contributed by atoms with Gasteiger partial charge in [-0.3, -0.25) is 0 Å². The Labute approximate surface area is 267 Å².